The maximum absolute atomic E-state index is 11.1. The fourth-order valence-electron chi connectivity index (χ4n) is 3.42. The van der Waals surface area contributed by atoms with Crippen molar-refractivity contribution in [2.45, 2.75) is 57.6 Å². The van der Waals surface area contributed by atoms with Gasteiger partial charge >= 0.3 is 0 Å². The number of hydrogen-bond acceptors (Lipinski definition) is 2. The SMILES string of the molecule is CCCC(O)(CCC)[C@H](Cc1c[nH]c2ccccc12)NC. The van der Waals surface area contributed by atoms with E-state index in [0.717, 1.165) is 37.6 Å². The van der Waals surface area contributed by atoms with Crippen LogP contribution in [-0.2, 0) is 6.42 Å². The third kappa shape index (κ3) is 3.47. The van der Waals surface area contributed by atoms with Crippen LogP contribution in [0.15, 0.2) is 30.5 Å². The molecule has 0 saturated carbocycles. The van der Waals surface area contributed by atoms with Crippen molar-refractivity contribution in [2.75, 3.05) is 7.05 Å². The minimum atomic E-state index is -0.628. The molecular formula is C18H28N2O. The second-order valence-corrected chi connectivity index (χ2v) is 6.01. The Labute approximate surface area is 127 Å². The van der Waals surface area contributed by atoms with Crippen molar-refractivity contribution in [3.63, 3.8) is 0 Å². The molecule has 0 aliphatic heterocycles. The van der Waals surface area contributed by atoms with Crippen LogP contribution in [0.25, 0.3) is 10.9 Å². The average Bonchev–Trinajstić information content (AvgIpc) is 2.88. The van der Waals surface area contributed by atoms with Gasteiger partial charge in [0.2, 0.25) is 0 Å². The molecule has 0 bridgehead atoms. The average molecular weight is 288 g/mol. The van der Waals surface area contributed by atoms with Gasteiger partial charge in [0.05, 0.1) is 5.60 Å². The van der Waals surface area contributed by atoms with Crippen LogP contribution < -0.4 is 5.32 Å². The summed E-state index contributed by atoms with van der Waals surface area (Å²) in [4.78, 5) is 3.32. The minimum absolute atomic E-state index is 0.0802. The molecule has 2 aromatic rings. The number of aromatic nitrogens is 1. The summed E-state index contributed by atoms with van der Waals surface area (Å²) in [5, 5.41) is 15.7. The quantitative estimate of drug-likeness (QED) is 0.694. The Balaban J connectivity index is 2.25. The van der Waals surface area contributed by atoms with Gasteiger partial charge in [0.15, 0.2) is 0 Å². The van der Waals surface area contributed by atoms with Gasteiger partial charge in [-0.3, -0.25) is 0 Å². The summed E-state index contributed by atoms with van der Waals surface area (Å²) in [6, 6.07) is 8.43. The highest BCUT2D eigenvalue weighted by atomic mass is 16.3. The van der Waals surface area contributed by atoms with E-state index >= 15 is 0 Å². The fourth-order valence-corrected chi connectivity index (χ4v) is 3.42. The number of para-hydroxylation sites is 1. The summed E-state index contributed by atoms with van der Waals surface area (Å²) in [5.74, 6) is 0. The van der Waals surface area contributed by atoms with Gasteiger partial charge in [-0.05, 0) is 37.9 Å². The lowest BCUT2D eigenvalue weighted by Gasteiger charge is -2.36. The molecule has 3 nitrogen and oxygen atoms in total. The van der Waals surface area contributed by atoms with Gasteiger partial charge < -0.3 is 15.4 Å². The molecule has 3 heteroatoms. The topological polar surface area (TPSA) is 48.0 Å². The first-order valence-electron chi connectivity index (χ1n) is 8.09. The number of fused-ring (bicyclic) bond motifs is 1. The zero-order valence-electron chi connectivity index (χ0n) is 13.4. The lowest BCUT2D eigenvalue weighted by atomic mass is 9.82. The number of rotatable bonds is 8. The normalized spacial score (nSPS) is 13.7. The molecule has 1 atom stereocenters. The Hall–Kier alpha value is -1.32. The molecule has 0 unspecified atom stereocenters. The van der Waals surface area contributed by atoms with Crippen LogP contribution in [0.3, 0.4) is 0 Å². The summed E-state index contributed by atoms with van der Waals surface area (Å²) in [6.45, 7) is 4.28. The number of aromatic amines is 1. The number of aliphatic hydroxyl groups is 1. The molecule has 116 valence electrons. The molecule has 0 fully saturated rings. The van der Waals surface area contributed by atoms with E-state index in [9.17, 15) is 5.11 Å². The number of hydrogen-bond donors (Lipinski definition) is 3. The fraction of sp³-hybridized carbons (Fsp3) is 0.556. The smallest absolute Gasteiger partial charge is 0.0803 e. The third-order valence-corrected chi connectivity index (χ3v) is 4.46. The number of nitrogens with one attached hydrogen (secondary N) is 2. The molecule has 0 aliphatic carbocycles. The van der Waals surface area contributed by atoms with Gasteiger partial charge in [-0.2, -0.15) is 0 Å². The number of likely N-dealkylation sites (N-methyl/N-ethyl adjacent to an activating group) is 1. The molecule has 0 radical (unpaired) electrons. The molecule has 1 aromatic heterocycles. The van der Waals surface area contributed by atoms with Crippen LogP contribution in [-0.4, -0.2) is 28.8 Å². The van der Waals surface area contributed by atoms with Crippen LogP contribution in [0.4, 0.5) is 0 Å². The zero-order valence-corrected chi connectivity index (χ0v) is 13.4. The van der Waals surface area contributed by atoms with E-state index < -0.39 is 5.60 Å². The lowest BCUT2D eigenvalue weighted by Crippen LogP contribution is -2.50. The molecular weight excluding hydrogens is 260 g/mol. The second-order valence-electron chi connectivity index (χ2n) is 6.01. The largest absolute Gasteiger partial charge is 0.388 e. The van der Waals surface area contributed by atoms with Crippen LogP contribution in [0, 0.1) is 0 Å². The summed E-state index contributed by atoms with van der Waals surface area (Å²) in [5.41, 5.74) is 1.81. The highest BCUT2D eigenvalue weighted by molar-refractivity contribution is 5.83. The standard InChI is InChI=1S/C18H28N2O/c1-4-10-18(21,11-5-2)17(19-3)12-14-13-20-16-9-7-6-8-15(14)16/h6-9,13,17,19-21H,4-5,10-12H2,1-3H3/t17-/m0/s1. The highest BCUT2D eigenvalue weighted by Gasteiger charge is 2.34. The van der Waals surface area contributed by atoms with Gasteiger partial charge in [-0.1, -0.05) is 44.9 Å². The van der Waals surface area contributed by atoms with Crippen LogP contribution in [0.1, 0.15) is 45.1 Å². The van der Waals surface area contributed by atoms with E-state index in [1.165, 1.54) is 10.9 Å². The van der Waals surface area contributed by atoms with E-state index in [1.54, 1.807) is 0 Å². The lowest BCUT2D eigenvalue weighted by molar-refractivity contribution is -0.0132. The molecule has 0 spiro atoms. The Bertz CT molecular complexity index is 555. The predicted octanol–water partition coefficient (Wildman–Crippen LogP) is 3.63. The summed E-state index contributed by atoms with van der Waals surface area (Å²) in [6.07, 6.45) is 6.61. The van der Waals surface area contributed by atoms with Gasteiger partial charge in [0.25, 0.3) is 0 Å². The number of benzene rings is 1. The van der Waals surface area contributed by atoms with Crippen molar-refractivity contribution in [1.29, 1.82) is 0 Å². The maximum Gasteiger partial charge on any atom is 0.0803 e. The second kappa shape index (κ2) is 7.10. The molecule has 2 rings (SSSR count). The van der Waals surface area contributed by atoms with Gasteiger partial charge in [-0.25, -0.2) is 0 Å². The monoisotopic (exact) mass is 288 g/mol. The molecule has 3 N–H and O–H groups in total. The van der Waals surface area contributed by atoms with Gasteiger partial charge in [0.1, 0.15) is 0 Å². The van der Waals surface area contributed by atoms with Crippen molar-refractivity contribution in [2.24, 2.45) is 0 Å². The van der Waals surface area contributed by atoms with Crippen molar-refractivity contribution < 1.29 is 5.11 Å². The summed E-state index contributed by atoms with van der Waals surface area (Å²) in [7, 11) is 1.95. The summed E-state index contributed by atoms with van der Waals surface area (Å²) >= 11 is 0. The first kappa shape index (κ1) is 16.1. The Morgan fingerprint density at radius 3 is 2.48 bits per heavy atom. The van der Waals surface area contributed by atoms with E-state index in [2.05, 4.69) is 48.5 Å². The maximum atomic E-state index is 11.1. The minimum Gasteiger partial charge on any atom is -0.388 e. The van der Waals surface area contributed by atoms with Crippen molar-refractivity contribution in [1.82, 2.24) is 10.3 Å². The molecule has 0 amide bonds. The first-order chi connectivity index (χ1) is 10.1. The van der Waals surface area contributed by atoms with Crippen LogP contribution in [0.2, 0.25) is 0 Å². The molecule has 1 aromatic carbocycles. The number of H-pyrrole nitrogens is 1. The summed E-state index contributed by atoms with van der Waals surface area (Å²) < 4.78 is 0. The van der Waals surface area contributed by atoms with Crippen molar-refractivity contribution in [3.8, 4) is 0 Å². The highest BCUT2D eigenvalue weighted by Crippen LogP contribution is 2.28. The predicted molar refractivity (Wildman–Crippen MR) is 89.6 cm³/mol. The zero-order chi connectivity index (χ0) is 15.3. The molecule has 21 heavy (non-hydrogen) atoms. The Morgan fingerprint density at radius 2 is 1.86 bits per heavy atom. The van der Waals surface area contributed by atoms with Crippen LogP contribution in [0.5, 0.6) is 0 Å². The first-order valence-corrected chi connectivity index (χ1v) is 8.09. The Kier molecular flexibility index (Phi) is 5.43. The van der Waals surface area contributed by atoms with Crippen molar-refractivity contribution in [3.05, 3.63) is 36.0 Å². The molecule has 1 heterocycles. The van der Waals surface area contributed by atoms with Gasteiger partial charge in [-0.15, -0.1) is 0 Å². The van der Waals surface area contributed by atoms with E-state index in [4.69, 9.17) is 0 Å². The van der Waals surface area contributed by atoms with Crippen LogP contribution >= 0.6 is 0 Å². The molecule has 0 saturated heterocycles. The van der Waals surface area contributed by atoms with Crippen molar-refractivity contribution >= 4 is 10.9 Å². The third-order valence-electron chi connectivity index (χ3n) is 4.46. The van der Waals surface area contributed by atoms with E-state index in [-0.39, 0.29) is 6.04 Å². The van der Waals surface area contributed by atoms with Gasteiger partial charge in [0, 0.05) is 23.1 Å². The van der Waals surface area contributed by atoms with E-state index in [0.29, 0.717) is 0 Å². The van der Waals surface area contributed by atoms with E-state index in [1.807, 2.05) is 13.1 Å². The molecule has 0 aliphatic rings. The Morgan fingerprint density at radius 1 is 1.19 bits per heavy atom.